The van der Waals surface area contributed by atoms with Gasteiger partial charge in [-0.1, -0.05) is 29.5 Å². The van der Waals surface area contributed by atoms with Gasteiger partial charge in [-0.05, 0) is 37.5 Å². The van der Waals surface area contributed by atoms with E-state index in [-0.39, 0.29) is 6.10 Å². The summed E-state index contributed by atoms with van der Waals surface area (Å²) in [5.74, 6) is 0.537. The quantitative estimate of drug-likeness (QED) is 0.775. The summed E-state index contributed by atoms with van der Waals surface area (Å²) in [6, 6.07) is 6.29. The molecule has 0 spiro atoms. The summed E-state index contributed by atoms with van der Waals surface area (Å²) >= 11 is 1.38. The molecule has 0 amide bonds. The summed E-state index contributed by atoms with van der Waals surface area (Å²) in [6.45, 7) is 3.94. The Morgan fingerprint density at radius 2 is 2.08 bits per heavy atom. The second-order valence-electron chi connectivity index (χ2n) is 6.05. The van der Waals surface area contributed by atoms with Gasteiger partial charge >= 0.3 is 0 Å². The zero-order valence-electron chi connectivity index (χ0n) is 13.9. The molecule has 4 rings (SSSR count). The molecule has 1 aliphatic carbocycles. The number of benzene rings is 1. The molecular weight excluding hydrogens is 334 g/mol. The molecule has 0 fully saturated rings. The largest absolute Gasteiger partial charge is 0.474 e. The highest BCUT2D eigenvalue weighted by Gasteiger charge is 2.19. The zero-order valence-corrected chi connectivity index (χ0v) is 14.7. The van der Waals surface area contributed by atoms with E-state index in [0.717, 1.165) is 33.8 Å². The average molecular weight is 351 g/mol. The van der Waals surface area contributed by atoms with E-state index in [0.29, 0.717) is 11.0 Å². The fourth-order valence-electron chi connectivity index (χ4n) is 2.83. The molecule has 0 atom stereocenters. The predicted octanol–water partition coefficient (Wildman–Crippen LogP) is 3.35. The van der Waals surface area contributed by atoms with E-state index in [2.05, 4.69) is 44.4 Å². The zero-order chi connectivity index (χ0) is 17.4. The van der Waals surface area contributed by atoms with Crippen LogP contribution in [0.2, 0.25) is 0 Å². The number of nitrogens with zero attached hydrogens (tertiary/aromatic N) is 4. The number of nitrogen functional groups attached to an aromatic ring is 1. The third-order valence-electron chi connectivity index (χ3n) is 3.86. The second kappa shape index (κ2) is 6.25. The summed E-state index contributed by atoms with van der Waals surface area (Å²) in [4.78, 5) is 8.88. The van der Waals surface area contributed by atoms with Crippen molar-refractivity contribution in [3.05, 3.63) is 53.5 Å². The Hall–Kier alpha value is -2.80. The molecule has 0 aliphatic heterocycles. The van der Waals surface area contributed by atoms with Crippen LogP contribution in [0.4, 0.5) is 5.13 Å². The lowest BCUT2D eigenvalue weighted by atomic mass is 10.0. The second-order valence-corrected chi connectivity index (χ2v) is 7.06. The Bertz CT molecular complexity index is 964. The van der Waals surface area contributed by atoms with Crippen molar-refractivity contribution in [2.45, 2.75) is 26.4 Å². The van der Waals surface area contributed by atoms with Gasteiger partial charge in [-0.3, -0.25) is 4.98 Å². The molecule has 6 nitrogen and oxygen atoms in total. The summed E-state index contributed by atoms with van der Waals surface area (Å²) in [7, 11) is 0. The number of hydrogen-bond donors (Lipinski definition) is 1. The fraction of sp³-hybridized carbons (Fsp3) is 0.222. The van der Waals surface area contributed by atoms with Crippen LogP contribution in [0.25, 0.3) is 16.1 Å². The van der Waals surface area contributed by atoms with Crippen molar-refractivity contribution in [1.82, 2.24) is 20.2 Å². The highest BCUT2D eigenvalue weighted by Crippen LogP contribution is 2.36. The van der Waals surface area contributed by atoms with Crippen LogP contribution in [0.15, 0.2) is 36.7 Å². The Balaban J connectivity index is 1.71. The Morgan fingerprint density at radius 1 is 1.20 bits per heavy atom. The first-order chi connectivity index (χ1) is 12.1. The summed E-state index contributed by atoms with van der Waals surface area (Å²) < 4.78 is 5.67. The van der Waals surface area contributed by atoms with Crippen LogP contribution in [-0.2, 0) is 6.42 Å². The van der Waals surface area contributed by atoms with E-state index in [1.165, 1.54) is 16.9 Å². The molecular formula is C18H17N5OS. The number of aromatic nitrogens is 4. The van der Waals surface area contributed by atoms with Gasteiger partial charge in [0.25, 0.3) is 0 Å². The van der Waals surface area contributed by atoms with Gasteiger partial charge in [-0.15, -0.1) is 10.2 Å². The molecule has 2 heterocycles. The molecule has 0 saturated carbocycles. The van der Waals surface area contributed by atoms with Crippen LogP contribution in [0, 0.1) is 0 Å². The Kier molecular flexibility index (Phi) is 3.93. The normalized spacial score (nSPS) is 13.0. The summed E-state index contributed by atoms with van der Waals surface area (Å²) in [6.07, 6.45) is 6.51. The van der Waals surface area contributed by atoms with Gasteiger partial charge in [0.05, 0.1) is 24.2 Å². The number of hydrogen-bond acceptors (Lipinski definition) is 7. The van der Waals surface area contributed by atoms with Crippen molar-refractivity contribution in [2.75, 3.05) is 5.73 Å². The lowest BCUT2D eigenvalue weighted by molar-refractivity contribution is 0.231. The van der Waals surface area contributed by atoms with Crippen molar-refractivity contribution >= 4 is 22.0 Å². The third kappa shape index (κ3) is 3.10. The molecule has 126 valence electrons. The van der Waals surface area contributed by atoms with Gasteiger partial charge in [-0.2, -0.15) is 0 Å². The maximum atomic E-state index is 5.70. The summed E-state index contributed by atoms with van der Waals surface area (Å²) in [5.41, 5.74) is 11.0. The molecule has 2 N–H and O–H groups in total. The van der Waals surface area contributed by atoms with Gasteiger partial charge in [0.1, 0.15) is 5.01 Å². The number of ether oxygens (including phenoxy) is 1. The fourth-order valence-corrected chi connectivity index (χ4v) is 3.44. The highest BCUT2D eigenvalue weighted by molar-refractivity contribution is 7.18. The van der Waals surface area contributed by atoms with Gasteiger partial charge in [-0.25, -0.2) is 4.98 Å². The topological polar surface area (TPSA) is 86.8 Å². The first-order valence-electron chi connectivity index (χ1n) is 8.02. The monoisotopic (exact) mass is 351 g/mol. The lowest BCUT2D eigenvalue weighted by Gasteiger charge is -2.11. The number of fused-ring (bicyclic) bond motifs is 1. The predicted molar refractivity (Wildman–Crippen MR) is 98.3 cm³/mol. The first kappa shape index (κ1) is 15.7. The van der Waals surface area contributed by atoms with E-state index in [4.69, 9.17) is 10.5 Å². The Morgan fingerprint density at radius 3 is 2.84 bits per heavy atom. The molecule has 0 unspecified atom stereocenters. The molecule has 1 aromatic carbocycles. The summed E-state index contributed by atoms with van der Waals surface area (Å²) in [5, 5.41) is 9.31. The highest BCUT2D eigenvalue weighted by atomic mass is 32.1. The molecule has 25 heavy (non-hydrogen) atoms. The minimum absolute atomic E-state index is 0.0591. The van der Waals surface area contributed by atoms with Gasteiger partial charge in [0.2, 0.25) is 11.0 Å². The Labute approximate surface area is 149 Å². The third-order valence-corrected chi connectivity index (χ3v) is 4.66. The maximum absolute atomic E-state index is 5.70. The van der Waals surface area contributed by atoms with Crippen molar-refractivity contribution in [2.24, 2.45) is 0 Å². The van der Waals surface area contributed by atoms with Crippen molar-refractivity contribution in [3.8, 4) is 16.5 Å². The molecule has 1 aliphatic rings. The standard InChI is InChI=1S/C18H17N5OS/c1-10(2)24-16-9-20-8-15(21-16)13-6-5-11-3-4-12(7-14(11)13)17-22-23-18(19)25-17/h3-4,6-10H,5H2,1-2H3,(H2,19,23). The van der Waals surface area contributed by atoms with Crippen molar-refractivity contribution in [1.29, 1.82) is 0 Å². The SMILES string of the molecule is CC(C)Oc1cncc(C2=CCc3ccc(-c4nnc(N)s4)cc32)n1. The molecule has 7 heteroatoms. The molecule has 0 saturated heterocycles. The van der Waals surface area contributed by atoms with Crippen LogP contribution < -0.4 is 10.5 Å². The lowest BCUT2D eigenvalue weighted by Crippen LogP contribution is -2.08. The van der Waals surface area contributed by atoms with Crippen LogP contribution in [0.5, 0.6) is 5.88 Å². The van der Waals surface area contributed by atoms with Gasteiger partial charge in [0, 0.05) is 11.1 Å². The van der Waals surface area contributed by atoms with Crippen molar-refractivity contribution in [3.63, 3.8) is 0 Å². The van der Waals surface area contributed by atoms with Crippen molar-refractivity contribution < 1.29 is 4.74 Å². The van der Waals surface area contributed by atoms with E-state index in [1.54, 1.807) is 12.4 Å². The minimum Gasteiger partial charge on any atom is -0.474 e. The maximum Gasteiger partial charge on any atom is 0.233 e. The van der Waals surface area contributed by atoms with Gasteiger partial charge < -0.3 is 10.5 Å². The van der Waals surface area contributed by atoms with E-state index in [1.807, 2.05) is 13.8 Å². The van der Waals surface area contributed by atoms with Gasteiger partial charge in [0.15, 0.2) is 0 Å². The minimum atomic E-state index is 0.0591. The first-order valence-corrected chi connectivity index (χ1v) is 8.83. The smallest absolute Gasteiger partial charge is 0.233 e. The van der Waals surface area contributed by atoms with Crippen LogP contribution >= 0.6 is 11.3 Å². The van der Waals surface area contributed by atoms with Crippen LogP contribution in [-0.4, -0.2) is 26.3 Å². The van der Waals surface area contributed by atoms with Crippen LogP contribution in [0.3, 0.4) is 0 Å². The van der Waals surface area contributed by atoms with E-state index in [9.17, 15) is 0 Å². The molecule has 2 aromatic heterocycles. The molecule has 0 bridgehead atoms. The number of allylic oxidation sites excluding steroid dienone is 1. The number of anilines is 1. The average Bonchev–Trinajstić information content (AvgIpc) is 3.20. The number of nitrogens with two attached hydrogens (primary N) is 1. The van der Waals surface area contributed by atoms with E-state index >= 15 is 0 Å². The molecule has 0 radical (unpaired) electrons. The number of rotatable bonds is 4. The van der Waals surface area contributed by atoms with E-state index < -0.39 is 0 Å². The van der Waals surface area contributed by atoms with Crippen LogP contribution in [0.1, 0.15) is 30.7 Å². The molecule has 3 aromatic rings.